The smallest absolute Gasteiger partial charge is 0.162 e. The van der Waals surface area contributed by atoms with Gasteiger partial charge in [0, 0.05) is 80.3 Å². The molecule has 1 aliphatic heterocycles. The van der Waals surface area contributed by atoms with Gasteiger partial charge in [-0.15, -0.1) is 11.3 Å². The van der Waals surface area contributed by atoms with Crippen LogP contribution >= 0.6 is 11.3 Å². The van der Waals surface area contributed by atoms with Gasteiger partial charge >= 0.3 is 0 Å². The number of hydrogen-bond donors (Lipinski definition) is 0. The molecule has 73 heavy (non-hydrogen) atoms. The highest BCUT2D eigenvalue weighted by molar-refractivity contribution is 7.25. The SMILES string of the molecule is CC1C/C=C(n2c3ccccc3c3ccccc32)/N=C(c2ccc(-n3c4cc5ccccc5cc4c4ccc5ccccc5c43)c3oc4c5ccccc5ccc4c23)\N=C/1c1cccc2sc3ccccc3c12. The Kier molecular flexibility index (Phi) is 8.59. The van der Waals surface area contributed by atoms with Gasteiger partial charge in [-0.3, -0.25) is 4.57 Å². The van der Waals surface area contributed by atoms with Crippen LogP contribution in [0.15, 0.2) is 233 Å². The molecule has 1 unspecified atom stereocenters. The Hall–Kier alpha value is -9.10. The number of rotatable bonds is 4. The first-order valence-corrected chi connectivity index (χ1v) is 25.9. The number of para-hydroxylation sites is 2. The van der Waals surface area contributed by atoms with E-state index in [9.17, 15) is 0 Å². The predicted octanol–water partition coefficient (Wildman–Crippen LogP) is 18.4. The fourth-order valence-corrected chi connectivity index (χ4v) is 13.3. The summed E-state index contributed by atoms with van der Waals surface area (Å²) in [4.78, 5) is 11.8. The number of aliphatic imine (C=N–C) groups is 2. The number of allylic oxidation sites excluding steroid dienone is 1. The predicted molar refractivity (Wildman–Crippen MR) is 310 cm³/mol. The number of nitrogens with zero attached hydrogens (tertiary/aromatic N) is 4. The maximum atomic E-state index is 7.51. The van der Waals surface area contributed by atoms with E-state index in [0.29, 0.717) is 5.84 Å². The summed E-state index contributed by atoms with van der Waals surface area (Å²) in [6.45, 7) is 2.32. The molecule has 0 fully saturated rings. The van der Waals surface area contributed by atoms with Crippen LogP contribution in [-0.2, 0) is 0 Å². The first kappa shape index (κ1) is 40.6. The Morgan fingerprint density at radius 2 is 1.07 bits per heavy atom. The van der Waals surface area contributed by atoms with Crippen molar-refractivity contribution in [1.82, 2.24) is 9.13 Å². The lowest BCUT2D eigenvalue weighted by molar-refractivity contribution is 0.670. The molecule has 5 nitrogen and oxygen atoms in total. The van der Waals surface area contributed by atoms with Gasteiger partial charge in [0.2, 0.25) is 0 Å². The van der Waals surface area contributed by atoms with Crippen LogP contribution in [0.2, 0.25) is 0 Å². The minimum Gasteiger partial charge on any atom is -0.453 e. The van der Waals surface area contributed by atoms with Crippen molar-refractivity contribution in [1.29, 1.82) is 0 Å². The lowest BCUT2D eigenvalue weighted by Crippen LogP contribution is -2.18. The molecule has 11 aromatic carbocycles. The summed E-state index contributed by atoms with van der Waals surface area (Å²) in [6, 6.07) is 77.1. The van der Waals surface area contributed by atoms with Crippen molar-refractivity contribution in [2.45, 2.75) is 13.3 Å². The molecule has 16 rings (SSSR count). The Labute approximate surface area is 422 Å². The lowest BCUT2D eigenvalue weighted by Gasteiger charge is -2.20. The summed E-state index contributed by atoms with van der Waals surface area (Å²) < 4.78 is 14.8. The molecule has 0 saturated heterocycles. The average molecular weight is 951 g/mol. The van der Waals surface area contributed by atoms with Crippen molar-refractivity contribution in [3.05, 3.63) is 230 Å². The topological polar surface area (TPSA) is 47.7 Å². The van der Waals surface area contributed by atoms with Gasteiger partial charge in [-0.2, -0.15) is 0 Å². The summed E-state index contributed by atoms with van der Waals surface area (Å²) in [6.07, 6.45) is 3.08. The van der Waals surface area contributed by atoms with Crippen LogP contribution in [0.4, 0.5) is 0 Å². The molecule has 0 aliphatic carbocycles. The quantitative estimate of drug-likeness (QED) is 0.173. The van der Waals surface area contributed by atoms with Crippen molar-refractivity contribution < 1.29 is 4.42 Å². The van der Waals surface area contributed by atoms with Crippen molar-refractivity contribution in [3.8, 4) is 5.69 Å². The standard InChI is InChI=1S/C67H42N4OS/c1-39-29-36-60(70-54-25-11-8-21-46(54)47-22-9-12-26-55(47)70)68-67(69-63(39)50-24-14-28-59-61(50)49-23-10-13-27-58(49)73-59)52-34-35-56(66-62(52)51-33-31-41-16-5-7-20-45(41)65(51)72-66)71-57-38-43-18-3-2-17-42(43)37-53(57)48-32-30-40-15-4-6-19-44(40)64(48)71/h2-28,30-39H,29H2,1H3/b60-36-,68-67-,69-63+. The third-order valence-corrected chi connectivity index (χ3v) is 16.7. The summed E-state index contributed by atoms with van der Waals surface area (Å²) in [7, 11) is 0. The average Bonchev–Trinajstić information content (AvgIpc) is 4.20. The zero-order valence-electron chi connectivity index (χ0n) is 39.7. The van der Waals surface area contributed by atoms with E-state index in [1.165, 1.54) is 63.3 Å². The first-order valence-electron chi connectivity index (χ1n) is 25.1. The minimum absolute atomic E-state index is 0.0401. The van der Waals surface area contributed by atoms with E-state index in [1.807, 2.05) is 11.3 Å². The van der Waals surface area contributed by atoms with E-state index in [2.05, 4.69) is 234 Å². The molecule has 0 N–H and O–H groups in total. The molecule has 0 amide bonds. The highest BCUT2D eigenvalue weighted by Crippen LogP contribution is 2.45. The molecule has 4 aromatic heterocycles. The molecule has 0 bridgehead atoms. The van der Waals surface area contributed by atoms with Gasteiger partial charge < -0.3 is 8.98 Å². The first-order chi connectivity index (χ1) is 36.1. The zero-order chi connectivity index (χ0) is 47.9. The van der Waals surface area contributed by atoms with E-state index < -0.39 is 0 Å². The summed E-state index contributed by atoms with van der Waals surface area (Å²) >= 11 is 1.84. The number of benzene rings is 11. The van der Waals surface area contributed by atoms with Crippen LogP contribution in [0.1, 0.15) is 24.5 Å². The second-order valence-corrected chi connectivity index (χ2v) is 20.7. The molecule has 1 atom stereocenters. The van der Waals surface area contributed by atoms with Crippen molar-refractivity contribution in [2.24, 2.45) is 15.9 Å². The summed E-state index contributed by atoms with van der Waals surface area (Å²) in [5.74, 6) is 1.52. The molecule has 0 spiro atoms. The van der Waals surface area contributed by atoms with Crippen molar-refractivity contribution >= 4 is 147 Å². The van der Waals surface area contributed by atoms with E-state index in [-0.39, 0.29) is 5.92 Å². The summed E-state index contributed by atoms with van der Waals surface area (Å²) in [5, 5.41) is 16.2. The molecule has 342 valence electrons. The molecular weight excluding hydrogens is 909 g/mol. The third kappa shape index (κ3) is 5.90. The number of furan rings is 1. The van der Waals surface area contributed by atoms with E-state index in [4.69, 9.17) is 14.4 Å². The third-order valence-electron chi connectivity index (χ3n) is 15.5. The lowest BCUT2D eigenvalue weighted by atomic mass is 9.91. The Bertz CT molecular complexity index is 4920. The number of fused-ring (bicyclic) bond motifs is 17. The number of amidine groups is 1. The van der Waals surface area contributed by atoms with Gasteiger partial charge in [-0.1, -0.05) is 165 Å². The molecular formula is C67H42N4OS. The fourth-order valence-electron chi connectivity index (χ4n) is 12.2. The molecule has 0 saturated carbocycles. The summed E-state index contributed by atoms with van der Waals surface area (Å²) in [5.41, 5.74) is 10.1. The maximum Gasteiger partial charge on any atom is 0.162 e. The van der Waals surface area contributed by atoms with E-state index >= 15 is 0 Å². The van der Waals surface area contributed by atoms with Gasteiger partial charge in [0.1, 0.15) is 11.4 Å². The van der Waals surface area contributed by atoms with Crippen LogP contribution in [0.5, 0.6) is 0 Å². The van der Waals surface area contributed by atoms with Crippen LogP contribution < -0.4 is 0 Å². The molecule has 1 aliphatic rings. The Morgan fingerprint density at radius 1 is 0.438 bits per heavy atom. The van der Waals surface area contributed by atoms with Gasteiger partial charge in [-0.05, 0) is 88.6 Å². The van der Waals surface area contributed by atoms with Crippen LogP contribution in [0, 0.1) is 5.92 Å². The number of thiophene rings is 1. The minimum atomic E-state index is 0.0401. The van der Waals surface area contributed by atoms with E-state index in [1.54, 1.807) is 0 Å². The maximum absolute atomic E-state index is 7.51. The number of aromatic nitrogens is 2. The fraction of sp³-hybridized carbons (Fsp3) is 0.0448. The van der Waals surface area contributed by atoms with Crippen molar-refractivity contribution in [2.75, 3.05) is 0 Å². The van der Waals surface area contributed by atoms with Crippen molar-refractivity contribution in [3.63, 3.8) is 0 Å². The Balaban J connectivity index is 1.05. The highest BCUT2D eigenvalue weighted by Gasteiger charge is 2.28. The zero-order valence-corrected chi connectivity index (χ0v) is 40.5. The molecule has 5 heterocycles. The van der Waals surface area contributed by atoms with Gasteiger partial charge in [-0.25, -0.2) is 9.98 Å². The number of hydrogen-bond acceptors (Lipinski definition) is 4. The monoisotopic (exact) mass is 950 g/mol. The van der Waals surface area contributed by atoms with Gasteiger partial charge in [0.15, 0.2) is 11.4 Å². The normalized spacial score (nSPS) is 16.8. The second-order valence-electron chi connectivity index (χ2n) is 19.6. The highest BCUT2D eigenvalue weighted by atomic mass is 32.1. The molecule has 15 aromatic rings. The van der Waals surface area contributed by atoms with Crippen LogP contribution in [0.3, 0.4) is 0 Å². The van der Waals surface area contributed by atoms with Crippen LogP contribution in [-0.4, -0.2) is 20.7 Å². The van der Waals surface area contributed by atoms with Gasteiger partial charge in [0.05, 0.1) is 33.5 Å². The largest absolute Gasteiger partial charge is 0.453 e. The molecule has 0 radical (unpaired) electrons. The van der Waals surface area contributed by atoms with Crippen LogP contribution in [0.25, 0.3) is 130 Å². The Morgan fingerprint density at radius 3 is 1.85 bits per heavy atom. The molecule has 6 heteroatoms. The second kappa shape index (κ2) is 15.4. The van der Waals surface area contributed by atoms with E-state index in [0.717, 1.165) is 89.5 Å². The van der Waals surface area contributed by atoms with Gasteiger partial charge in [0.25, 0.3) is 0 Å².